The van der Waals surface area contributed by atoms with Crippen LogP contribution in [0.25, 0.3) is 0 Å². The Morgan fingerprint density at radius 1 is 1.24 bits per heavy atom. The zero-order valence-electron chi connectivity index (χ0n) is 11.1. The molecule has 0 aromatic heterocycles. The van der Waals surface area contributed by atoms with Crippen molar-refractivity contribution in [2.75, 3.05) is 27.2 Å². The van der Waals surface area contributed by atoms with Crippen LogP contribution in [-0.4, -0.2) is 32.1 Å². The summed E-state index contributed by atoms with van der Waals surface area (Å²) in [4.78, 5) is 2.23. The van der Waals surface area contributed by atoms with Gasteiger partial charge in [0.05, 0.1) is 0 Å². The minimum absolute atomic E-state index is 0.817. The van der Waals surface area contributed by atoms with Gasteiger partial charge in [-0.05, 0) is 70.2 Å². The Labute approximate surface area is 110 Å². The number of nitrogens with zero attached hydrogens (tertiary/aromatic N) is 1. The van der Waals surface area contributed by atoms with Gasteiger partial charge in [0.2, 0.25) is 0 Å². The molecule has 17 heavy (non-hydrogen) atoms. The molecule has 3 heteroatoms. The van der Waals surface area contributed by atoms with E-state index >= 15 is 0 Å². The van der Waals surface area contributed by atoms with Gasteiger partial charge in [-0.2, -0.15) is 0 Å². The first-order valence-corrected chi connectivity index (χ1v) is 6.58. The Morgan fingerprint density at radius 2 is 2.00 bits per heavy atom. The zero-order chi connectivity index (χ0) is 12.7. The van der Waals surface area contributed by atoms with Crippen LogP contribution in [0.3, 0.4) is 0 Å². The van der Waals surface area contributed by atoms with Crippen molar-refractivity contribution in [1.29, 1.82) is 0 Å². The Balaban J connectivity index is 2.18. The second-order valence-corrected chi connectivity index (χ2v) is 5.19. The average molecular weight is 255 g/mol. The van der Waals surface area contributed by atoms with Crippen LogP contribution < -0.4 is 5.32 Å². The van der Waals surface area contributed by atoms with Crippen LogP contribution in [0.4, 0.5) is 0 Å². The lowest BCUT2D eigenvalue weighted by atomic mass is 10.1. The minimum Gasteiger partial charge on any atom is -0.313 e. The fourth-order valence-electron chi connectivity index (χ4n) is 1.76. The van der Waals surface area contributed by atoms with E-state index in [4.69, 9.17) is 11.6 Å². The molecule has 1 N–H and O–H groups in total. The molecule has 0 aliphatic carbocycles. The summed E-state index contributed by atoms with van der Waals surface area (Å²) in [6, 6.07) is 6.08. The van der Waals surface area contributed by atoms with E-state index in [1.807, 2.05) is 12.1 Å². The van der Waals surface area contributed by atoms with Crippen molar-refractivity contribution < 1.29 is 0 Å². The molecule has 0 saturated carbocycles. The highest BCUT2D eigenvalue weighted by atomic mass is 35.5. The summed E-state index contributed by atoms with van der Waals surface area (Å²) in [6.07, 6.45) is 2.48. The third-order valence-electron chi connectivity index (χ3n) is 2.83. The van der Waals surface area contributed by atoms with Crippen molar-refractivity contribution in [3.8, 4) is 0 Å². The van der Waals surface area contributed by atoms with E-state index in [1.54, 1.807) is 0 Å². The smallest absolute Gasteiger partial charge is 0.0408 e. The van der Waals surface area contributed by atoms with Crippen molar-refractivity contribution in [1.82, 2.24) is 10.2 Å². The molecule has 1 aromatic carbocycles. The van der Waals surface area contributed by atoms with Gasteiger partial charge in [-0.1, -0.05) is 17.7 Å². The van der Waals surface area contributed by atoms with Crippen molar-refractivity contribution in [2.45, 2.75) is 26.3 Å². The number of nitrogens with one attached hydrogen (secondary N) is 1. The van der Waals surface area contributed by atoms with Gasteiger partial charge in [0.25, 0.3) is 0 Å². The van der Waals surface area contributed by atoms with Crippen LogP contribution in [0.15, 0.2) is 18.2 Å². The van der Waals surface area contributed by atoms with Crippen molar-refractivity contribution in [3.05, 3.63) is 34.3 Å². The molecule has 1 aromatic rings. The number of aryl methyl sites for hydroxylation is 1. The Kier molecular flexibility index (Phi) is 6.56. The molecule has 0 spiro atoms. The van der Waals surface area contributed by atoms with E-state index in [0.717, 1.165) is 18.1 Å². The fraction of sp³-hybridized carbons (Fsp3) is 0.571. The molecule has 0 amide bonds. The molecule has 2 nitrogen and oxygen atoms in total. The number of unbranched alkanes of at least 4 members (excludes halogenated alkanes) is 1. The summed E-state index contributed by atoms with van der Waals surface area (Å²) in [5.41, 5.74) is 2.60. The summed E-state index contributed by atoms with van der Waals surface area (Å²) in [5.74, 6) is 0. The molecule has 96 valence electrons. The van der Waals surface area contributed by atoms with Gasteiger partial charge in [-0.25, -0.2) is 0 Å². The van der Waals surface area contributed by atoms with E-state index in [-0.39, 0.29) is 0 Å². The summed E-state index contributed by atoms with van der Waals surface area (Å²) in [6.45, 7) is 5.29. The Morgan fingerprint density at radius 3 is 2.65 bits per heavy atom. The van der Waals surface area contributed by atoms with Crippen LogP contribution in [0.2, 0.25) is 5.02 Å². The average Bonchev–Trinajstić information content (AvgIpc) is 2.25. The number of rotatable bonds is 7. The number of benzene rings is 1. The molecule has 0 aliphatic rings. The van der Waals surface area contributed by atoms with Crippen LogP contribution in [-0.2, 0) is 6.54 Å². The van der Waals surface area contributed by atoms with Gasteiger partial charge in [0, 0.05) is 11.6 Å². The minimum atomic E-state index is 0.817. The Hall–Kier alpha value is -0.570. The molecule has 0 atom stereocenters. The van der Waals surface area contributed by atoms with Crippen LogP contribution in [0.1, 0.15) is 24.0 Å². The molecule has 0 bridgehead atoms. The SMILES string of the molecule is Cc1cc(Cl)ccc1CNCCCCN(C)C. The largest absolute Gasteiger partial charge is 0.313 e. The maximum absolute atomic E-state index is 5.92. The second-order valence-electron chi connectivity index (χ2n) is 4.76. The molecule has 0 aliphatic heterocycles. The van der Waals surface area contributed by atoms with Crippen LogP contribution in [0, 0.1) is 6.92 Å². The highest BCUT2D eigenvalue weighted by Gasteiger charge is 1.98. The van der Waals surface area contributed by atoms with Crippen LogP contribution >= 0.6 is 11.6 Å². The Bertz CT molecular complexity index is 337. The van der Waals surface area contributed by atoms with Gasteiger partial charge in [-0.3, -0.25) is 0 Å². The third kappa shape index (κ3) is 6.06. The fourth-order valence-corrected chi connectivity index (χ4v) is 1.99. The molecule has 0 unspecified atom stereocenters. The van der Waals surface area contributed by atoms with Crippen LogP contribution in [0.5, 0.6) is 0 Å². The number of halogens is 1. The molecular weight excluding hydrogens is 232 g/mol. The van der Waals surface area contributed by atoms with E-state index in [9.17, 15) is 0 Å². The molecule has 1 rings (SSSR count). The van der Waals surface area contributed by atoms with E-state index in [2.05, 4.69) is 37.3 Å². The predicted molar refractivity (Wildman–Crippen MR) is 75.7 cm³/mol. The third-order valence-corrected chi connectivity index (χ3v) is 3.06. The lowest BCUT2D eigenvalue weighted by Crippen LogP contribution is -2.18. The van der Waals surface area contributed by atoms with E-state index < -0.39 is 0 Å². The van der Waals surface area contributed by atoms with E-state index in [1.165, 1.54) is 30.5 Å². The highest BCUT2D eigenvalue weighted by molar-refractivity contribution is 6.30. The normalized spacial score (nSPS) is 11.1. The zero-order valence-corrected chi connectivity index (χ0v) is 11.8. The van der Waals surface area contributed by atoms with Crippen molar-refractivity contribution >= 4 is 11.6 Å². The monoisotopic (exact) mass is 254 g/mol. The summed E-state index contributed by atoms with van der Waals surface area (Å²) < 4.78 is 0. The highest BCUT2D eigenvalue weighted by Crippen LogP contribution is 2.14. The molecule has 0 radical (unpaired) electrons. The topological polar surface area (TPSA) is 15.3 Å². The van der Waals surface area contributed by atoms with Crippen molar-refractivity contribution in [2.24, 2.45) is 0 Å². The number of hydrogen-bond acceptors (Lipinski definition) is 2. The van der Waals surface area contributed by atoms with Gasteiger partial charge < -0.3 is 10.2 Å². The quantitative estimate of drug-likeness (QED) is 0.753. The first-order chi connectivity index (χ1) is 8.09. The van der Waals surface area contributed by atoms with Crippen molar-refractivity contribution in [3.63, 3.8) is 0 Å². The van der Waals surface area contributed by atoms with Gasteiger partial charge in [0.15, 0.2) is 0 Å². The maximum atomic E-state index is 5.92. The summed E-state index contributed by atoms with van der Waals surface area (Å²) in [7, 11) is 4.23. The summed E-state index contributed by atoms with van der Waals surface area (Å²) >= 11 is 5.92. The van der Waals surface area contributed by atoms with Gasteiger partial charge in [-0.15, -0.1) is 0 Å². The molecular formula is C14H23ClN2. The summed E-state index contributed by atoms with van der Waals surface area (Å²) in [5, 5.41) is 4.29. The van der Waals surface area contributed by atoms with Gasteiger partial charge >= 0.3 is 0 Å². The maximum Gasteiger partial charge on any atom is 0.0408 e. The molecule has 0 saturated heterocycles. The van der Waals surface area contributed by atoms with E-state index in [0.29, 0.717) is 0 Å². The van der Waals surface area contributed by atoms with Gasteiger partial charge in [0.1, 0.15) is 0 Å². The molecule has 0 fully saturated rings. The lowest BCUT2D eigenvalue weighted by Gasteiger charge is -2.10. The molecule has 0 heterocycles. The first-order valence-electron chi connectivity index (χ1n) is 6.20. The number of hydrogen-bond donors (Lipinski definition) is 1. The predicted octanol–water partition coefficient (Wildman–Crippen LogP) is 3.08. The second kappa shape index (κ2) is 7.70. The first kappa shape index (κ1) is 14.5. The standard InChI is InChI=1S/C14H23ClN2/c1-12-10-14(15)7-6-13(12)11-16-8-4-5-9-17(2)3/h6-7,10,16H,4-5,8-9,11H2,1-3H3. The lowest BCUT2D eigenvalue weighted by molar-refractivity contribution is 0.391.